The molecule has 0 amide bonds. The molecule has 5 heteroatoms. The van der Waals surface area contributed by atoms with Crippen LogP contribution in [0.5, 0.6) is 0 Å². The highest BCUT2D eigenvalue weighted by Gasteiger charge is 2.11. The zero-order chi connectivity index (χ0) is 18.1. The van der Waals surface area contributed by atoms with Gasteiger partial charge in [-0.25, -0.2) is 9.97 Å². The SMILES string of the molecule is Cc1cc(Nc2nc(-c3cccc(C(C)C)c3)nc3ccccc23)[nH]n1. The fraction of sp³-hybridized carbons (Fsp3) is 0.190. The van der Waals surface area contributed by atoms with Crippen molar-refractivity contribution in [1.82, 2.24) is 20.2 Å². The van der Waals surface area contributed by atoms with E-state index in [9.17, 15) is 0 Å². The summed E-state index contributed by atoms with van der Waals surface area (Å²) in [6.45, 7) is 6.32. The van der Waals surface area contributed by atoms with Crippen LogP contribution in [0.15, 0.2) is 54.6 Å². The molecule has 0 atom stereocenters. The Morgan fingerprint density at radius 2 is 1.81 bits per heavy atom. The van der Waals surface area contributed by atoms with E-state index in [4.69, 9.17) is 9.97 Å². The van der Waals surface area contributed by atoms with Gasteiger partial charge in [-0.05, 0) is 36.6 Å². The summed E-state index contributed by atoms with van der Waals surface area (Å²) in [5.41, 5.74) is 4.13. The summed E-state index contributed by atoms with van der Waals surface area (Å²) < 4.78 is 0. The van der Waals surface area contributed by atoms with E-state index in [0.29, 0.717) is 11.7 Å². The van der Waals surface area contributed by atoms with Gasteiger partial charge in [0.15, 0.2) is 5.82 Å². The molecule has 0 aliphatic heterocycles. The Labute approximate surface area is 152 Å². The van der Waals surface area contributed by atoms with Gasteiger partial charge in [0.25, 0.3) is 0 Å². The summed E-state index contributed by atoms with van der Waals surface area (Å²) in [6, 6.07) is 18.4. The van der Waals surface area contributed by atoms with Crippen molar-refractivity contribution in [2.75, 3.05) is 5.32 Å². The Balaban J connectivity index is 1.84. The van der Waals surface area contributed by atoms with E-state index in [1.54, 1.807) is 0 Å². The number of nitrogens with zero attached hydrogens (tertiary/aromatic N) is 3. The van der Waals surface area contributed by atoms with Crippen molar-refractivity contribution in [3.05, 3.63) is 65.9 Å². The zero-order valence-corrected chi connectivity index (χ0v) is 15.1. The Kier molecular flexibility index (Phi) is 4.13. The lowest BCUT2D eigenvalue weighted by atomic mass is 10.0. The van der Waals surface area contributed by atoms with Gasteiger partial charge < -0.3 is 5.32 Å². The number of anilines is 2. The largest absolute Gasteiger partial charge is 0.325 e. The van der Waals surface area contributed by atoms with Crippen LogP contribution in [0.1, 0.15) is 31.0 Å². The number of aryl methyl sites for hydroxylation is 1. The molecule has 2 aromatic heterocycles. The predicted molar refractivity (Wildman–Crippen MR) is 106 cm³/mol. The quantitative estimate of drug-likeness (QED) is 0.535. The van der Waals surface area contributed by atoms with Crippen LogP contribution in [0.3, 0.4) is 0 Å². The number of para-hydroxylation sites is 1. The van der Waals surface area contributed by atoms with E-state index in [2.05, 4.69) is 53.6 Å². The van der Waals surface area contributed by atoms with Crippen LogP contribution in [0.4, 0.5) is 11.6 Å². The number of H-pyrrole nitrogens is 1. The molecule has 0 unspecified atom stereocenters. The van der Waals surface area contributed by atoms with Crippen molar-refractivity contribution >= 4 is 22.5 Å². The first-order valence-electron chi connectivity index (χ1n) is 8.76. The van der Waals surface area contributed by atoms with Gasteiger partial charge in [0.1, 0.15) is 11.6 Å². The van der Waals surface area contributed by atoms with Gasteiger partial charge in [-0.15, -0.1) is 0 Å². The third-order valence-corrected chi connectivity index (χ3v) is 4.37. The fourth-order valence-corrected chi connectivity index (χ4v) is 2.95. The molecule has 5 nitrogen and oxygen atoms in total. The summed E-state index contributed by atoms with van der Waals surface area (Å²) in [5.74, 6) is 2.75. The molecule has 0 bridgehead atoms. The maximum absolute atomic E-state index is 4.81. The third kappa shape index (κ3) is 3.16. The second-order valence-electron chi connectivity index (χ2n) is 6.74. The van der Waals surface area contributed by atoms with Gasteiger partial charge in [-0.3, -0.25) is 5.10 Å². The Morgan fingerprint density at radius 1 is 0.962 bits per heavy atom. The van der Waals surface area contributed by atoms with Crippen molar-refractivity contribution in [2.45, 2.75) is 26.7 Å². The number of rotatable bonds is 4. The van der Waals surface area contributed by atoms with Gasteiger partial charge in [-0.2, -0.15) is 5.10 Å². The Morgan fingerprint density at radius 3 is 2.58 bits per heavy atom. The molecule has 0 saturated carbocycles. The average molecular weight is 343 g/mol. The predicted octanol–water partition coefficient (Wildman–Crippen LogP) is 5.20. The van der Waals surface area contributed by atoms with Gasteiger partial charge in [0, 0.05) is 17.0 Å². The van der Waals surface area contributed by atoms with Crippen molar-refractivity contribution < 1.29 is 0 Å². The van der Waals surface area contributed by atoms with E-state index >= 15 is 0 Å². The van der Waals surface area contributed by atoms with Crippen LogP contribution in [0.2, 0.25) is 0 Å². The molecular weight excluding hydrogens is 322 g/mol. The molecule has 4 rings (SSSR count). The molecular formula is C21H21N5. The fourth-order valence-electron chi connectivity index (χ4n) is 2.95. The molecule has 0 aliphatic carbocycles. The molecule has 26 heavy (non-hydrogen) atoms. The van der Waals surface area contributed by atoms with Gasteiger partial charge in [0.2, 0.25) is 0 Å². The number of nitrogens with one attached hydrogen (secondary N) is 2. The van der Waals surface area contributed by atoms with Gasteiger partial charge >= 0.3 is 0 Å². The molecule has 130 valence electrons. The first-order valence-corrected chi connectivity index (χ1v) is 8.76. The lowest BCUT2D eigenvalue weighted by Crippen LogP contribution is -2.00. The number of hydrogen-bond donors (Lipinski definition) is 2. The lowest BCUT2D eigenvalue weighted by molar-refractivity contribution is 0.867. The molecule has 4 aromatic rings. The number of hydrogen-bond acceptors (Lipinski definition) is 4. The number of aromatic amines is 1. The molecule has 2 aromatic carbocycles. The maximum atomic E-state index is 4.81. The molecule has 2 heterocycles. The zero-order valence-electron chi connectivity index (χ0n) is 15.1. The van der Waals surface area contributed by atoms with Gasteiger partial charge in [0.05, 0.1) is 11.2 Å². The van der Waals surface area contributed by atoms with Crippen molar-refractivity contribution in [3.63, 3.8) is 0 Å². The van der Waals surface area contributed by atoms with Crippen LogP contribution in [-0.2, 0) is 0 Å². The van der Waals surface area contributed by atoms with Gasteiger partial charge in [-0.1, -0.05) is 44.2 Å². The summed E-state index contributed by atoms with van der Waals surface area (Å²) in [5, 5.41) is 11.5. The molecule has 0 saturated heterocycles. The third-order valence-electron chi connectivity index (χ3n) is 4.37. The normalized spacial score (nSPS) is 11.2. The minimum absolute atomic E-state index is 0.459. The van der Waals surface area contributed by atoms with E-state index in [1.807, 2.05) is 37.3 Å². The molecule has 0 radical (unpaired) electrons. The molecule has 0 spiro atoms. The van der Waals surface area contributed by atoms with Crippen molar-refractivity contribution in [3.8, 4) is 11.4 Å². The van der Waals surface area contributed by atoms with Crippen LogP contribution >= 0.6 is 0 Å². The van der Waals surface area contributed by atoms with Crippen LogP contribution in [0.25, 0.3) is 22.3 Å². The molecule has 0 fully saturated rings. The highest BCUT2D eigenvalue weighted by molar-refractivity contribution is 5.92. The summed E-state index contributed by atoms with van der Waals surface area (Å²) >= 11 is 0. The van der Waals surface area contributed by atoms with E-state index in [0.717, 1.165) is 33.8 Å². The summed E-state index contributed by atoms with van der Waals surface area (Å²) in [7, 11) is 0. The number of aromatic nitrogens is 4. The summed E-state index contributed by atoms with van der Waals surface area (Å²) in [4.78, 5) is 9.58. The first-order chi connectivity index (χ1) is 12.6. The van der Waals surface area contributed by atoms with E-state index in [1.165, 1.54) is 5.56 Å². The standard InChI is InChI=1S/C21H21N5/c1-13(2)15-7-6-8-16(12-15)20-22-18-10-5-4-9-17(18)21(24-20)23-19-11-14(3)25-26-19/h4-13H,1-3H3,(H2,22,23,24,25,26). The minimum Gasteiger partial charge on any atom is -0.325 e. The second kappa shape index (κ2) is 6.59. The topological polar surface area (TPSA) is 66.5 Å². The monoisotopic (exact) mass is 343 g/mol. The van der Waals surface area contributed by atoms with Crippen LogP contribution in [-0.4, -0.2) is 20.2 Å². The van der Waals surface area contributed by atoms with Crippen molar-refractivity contribution in [1.29, 1.82) is 0 Å². The van der Waals surface area contributed by atoms with E-state index in [-0.39, 0.29) is 0 Å². The maximum Gasteiger partial charge on any atom is 0.162 e. The smallest absolute Gasteiger partial charge is 0.162 e. The minimum atomic E-state index is 0.459. The Bertz CT molecular complexity index is 1060. The average Bonchev–Trinajstić information content (AvgIpc) is 3.06. The highest BCUT2D eigenvalue weighted by atomic mass is 15.2. The molecule has 2 N–H and O–H groups in total. The lowest BCUT2D eigenvalue weighted by Gasteiger charge is -2.11. The van der Waals surface area contributed by atoms with E-state index < -0.39 is 0 Å². The summed E-state index contributed by atoms with van der Waals surface area (Å²) in [6.07, 6.45) is 0. The first kappa shape index (κ1) is 16.3. The number of benzene rings is 2. The van der Waals surface area contributed by atoms with Crippen LogP contribution < -0.4 is 5.32 Å². The molecule has 0 aliphatic rings. The number of fused-ring (bicyclic) bond motifs is 1. The highest BCUT2D eigenvalue weighted by Crippen LogP contribution is 2.28. The van der Waals surface area contributed by atoms with Crippen LogP contribution in [0, 0.1) is 6.92 Å². The van der Waals surface area contributed by atoms with Crippen molar-refractivity contribution in [2.24, 2.45) is 0 Å². The Hall–Kier alpha value is -3.21. The second-order valence-corrected chi connectivity index (χ2v) is 6.74.